The third-order valence-corrected chi connectivity index (χ3v) is 3.15. The number of rotatable bonds is 5. The summed E-state index contributed by atoms with van der Waals surface area (Å²) in [5.74, 6) is 0.610. The average Bonchev–Trinajstić information content (AvgIpc) is 3.01. The molecule has 2 atom stereocenters. The number of alkyl carbamates (subject to hydrolysis) is 1. The maximum absolute atomic E-state index is 11.8. The molecule has 0 spiro atoms. The molecule has 0 saturated heterocycles. The lowest BCUT2D eigenvalue weighted by Crippen LogP contribution is -2.35. The summed E-state index contributed by atoms with van der Waals surface area (Å²) in [6.07, 6.45) is 2.82. The van der Waals surface area contributed by atoms with Crippen LogP contribution in [0.15, 0.2) is 12.4 Å². The Kier molecular flexibility index (Phi) is 8.89. The van der Waals surface area contributed by atoms with E-state index in [1.807, 2.05) is 27.7 Å². The lowest BCUT2D eigenvalue weighted by Gasteiger charge is -2.24. The molecule has 0 aliphatic rings. The highest BCUT2D eigenvalue weighted by atomic mass is 16.5. The molecule has 0 fully saturated rings. The molecule has 0 saturated carbocycles. The van der Waals surface area contributed by atoms with Crippen LogP contribution in [0.4, 0.5) is 4.79 Å². The topological polar surface area (TPSA) is 85.3 Å². The van der Waals surface area contributed by atoms with Crippen molar-refractivity contribution in [3.05, 3.63) is 18.2 Å². The molecule has 0 aromatic carbocycles. The zero-order chi connectivity index (χ0) is 17.3. The number of aromatic nitrogens is 2. The maximum Gasteiger partial charge on any atom is 0.407 e. The summed E-state index contributed by atoms with van der Waals surface area (Å²) in [7, 11) is 2.90. The number of carbonyl (C=O) groups excluding carboxylic acids is 2. The molecule has 1 heterocycles. The fourth-order valence-corrected chi connectivity index (χ4v) is 1.94. The number of ether oxygens (including phenoxy) is 1. The number of carbonyl (C=O) groups is 2. The van der Waals surface area contributed by atoms with Gasteiger partial charge in [0.25, 0.3) is 0 Å². The van der Waals surface area contributed by atoms with E-state index in [4.69, 9.17) is 0 Å². The lowest BCUT2D eigenvalue weighted by atomic mass is 10.0. The normalized spacial score (nSPS) is 12.7. The summed E-state index contributed by atoms with van der Waals surface area (Å²) >= 11 is 0. The van der Waals surface area contributed by atoms with E-state index in [1.54, 1.807) is 30.9 Å². The fraction of sp³-hybridized carbons (Fsp3) is 0.667. The molecule has 0 aliphatic heterocycles. The minimum atomic E-state index is -0.522. The van der Waals surface area contributed by atoms with Crippen molar-refractivity contribution in [2.24, 2.45) is 5.92 Å². The van der Waals surface area contributed by atoms with E-state index in [9.17, 15) is 9.59 Å². The number of amides is 2. The van der Waals surface area contributed by atoms with Crippen molar-refractivity contribution in [3.63, 3.8) is 0 Å². The van der Waals surface area contributed by atoms with E-state index < -0.39 is 12.1 Å². The van der Waals surface area contributed by atoms with Gasteiger partial charge in [-0.15, -0.1) is 0 Å². The molecule has 0 aliphatic carbocycles. The van der Waals surface area contributed by atoms with E-state index in [0.717, 1.165) is 0 Å². The summed E-state index contributed by atoms with van der Waals surface area (Å²) in [5.41, 5.74) is 0. The zero-order valence-electron chi connectivity index (χ0n) is 14.5. The van der Waals surface area contributed by atoms with Crippen molar-refractivity contribution in [2.75, 3.05) is 14.2 Å². The standard InChI is InChI=1S/C13H22N4O3.C2H6/c1-8(2)10(16-13(19)20-5)11-15-6-7-17(11)9(3)12(18)14-4;1-2/h6-10H,1-5H3,(H,14,18)(H,16,19);1-2H3. The molecule has 1 rings (SSSR count). The van der Waals surface area contributed by atoms with Gasteiger partial charge in [0, 0.05) is 19.4 Å². The van der Waals surface area contributed by atoms with Crippen molar-refractivity contribution in [1.82, 2.24) is 20.2 Å². The molecule has 0 radical (unpaired) electrons. The summed E-state index contributed by atoms with van der Waals surface area (Å²) in [5, 5.41) is 5.35. The molecule has 126 valence electrons. The van der Waals surface area contributed by atoms with Gasteiger partial charge in [0.1, 0.15) is 11.9 Å². The molecule has 7 heteroatoms. The Balaban J connectivity index is 0.00000211. The van der Waals surface area contributed by atoms with E-state index in [2.05, 4.69) is 20.4 Å². The highest BCUT2D eigenvalue weighted by Gasteiger charge is 2.26. The van der Waals surface area contributed by atoms with Gasteiger partial charge in [0.05, 0.1) is 13.2 Å². The Hall–Kier alpha value is -2.05. The minimum absolute atomic E-state index is 0.104. The van der Waals surface area contributed by atoms with Crippen LogP contribution in [0.5, 0.6) is 0 Å². The average molecular weight is 312 g/mol. The Labute approximate surface area is 132 Å². The lowest BCUT2D eigenvalue weighted by molar-refractivity contribution is -0.123. The van der Waals surface area contributed by atoms with Crippen LogP contribution in [0.2, 0.25) is 0 Å². The van der Waals surface area contributed by atoms with Crippen LogP contribution in [0.3, 0.4) is 0 Å². The monoisotopic (exact) mass is 312 g/mol. The van der Waals surface area contributed by atoms with Gasteiger partial charge in [-0.3, -0.25) is 4.79 Å². The number of nitrogens with zero attached hydrogens (tertiary/aromatic N) is 2. The molecule has 2 amide bonds. The quantitative estimate of drug-likeness (QED) is 0.873. The van der Waals surface area contributed by atoms with Crippen LogP contribution in [0, 0.1) is 5.92 Å². The summed E-state index contributed by atoms with van der Waals surface area (Å²) in [6.45, 7) is 9.70. The molecule has 2 N–H and O–H groups in total. The van der Waals surface area contributed by atoms with Crippen LogP contribution >= 0.6 is 0 Å². The second-order valence-corrected chi connectivity index (χ2v) is 4.84. The number of hydrogen-bond donors (Lipinski definition) is 2. The highest BCUT2D eigenvalue weighted by molar-refractivity contribution is 5.79. The van der Waals surface area contributed by atoms with Crippen molar-refractivity contribution < 1.29 is 14.3 Å². The van der Waals surface area contributed by atoms with Gasteiger partial charge in [-0.05, 0) is 12.8 Å². The number of methoxy groups -OCH3 is 1. The Morgan fingerprint density at radius 2 is 1.86 bits per heavy atom. The van der Waals surface area contributed by atoms with Gasteiger partial charge >= 0.3 is 6.09 Å². The maximum atomic E-state index is 11.8. The second-order valence-electron chi connectivity index (χ2n) is 4.84. The first-order chi connectivity index (χ1) is 10.4. The van der Waals surface area contributed by atoms with Gasteiger partial charge < -0.3 is 19.9 Å². The first-order valence-corrected chi connectivity index (χ1v) is 7.51. The van der Waals surface area contributed by atoms with Gasteiger partial charge in [-0.25, -0.2) is 9.78 Å². The third-order valence-electron chi connectivity index (χ3n) is 3.15. The van der Waals surface area contributed by atoms with E-state index >= 15 is 0 Å². The van der Waals surface area contributed by atoms with E-state index in [-0.39, 0.29) is 17.9 Å². The highest BCUT2D eigenvalue weighted by Crippen LogP contribution is 2.23. The summed E-state index contributed by atoms with van der Waals surface area (Å²) in [4.78, 5) is 27.5. The van der Waals surface area contributed by atoms with E-state index in [0.29, 0.717) is 5.82 Å². The molecule has 2 unspecified atom stereocenters. The molecule has 22 heavy (non-hydrogen) atoms. The van der Waals surface area contributed by atoms with Crippen LogP contribution in [0.1, 0.15) is 52.5 Å². The van der Waals surface area contributed by atoms with Crippen LogP contribution < -0.4 is 10.6 Å². The Morgan fingerprint density at radius 3 is 2.32 bits per heavy atom. The largest absolute Gasteiger partial charge is 0.453 e. The van der Waals surface area contributed by atoms with Crippen LogP contribution in [-0.4, -0.2) is 35.7 Å². The minimum Gasteiger partial charge on any atom is -0.453 e. The zero-order valence-corrected chi connectivity index (χ0v) is 14.5. The predicted molar refractivity (Wildman–Crippen MR) is 85.5 cm³/mol. The number of imidazole rings is 1. The summed E-state index contributed by atoms with van der Waals surface area (Å²) < 4.78 is 6.38. The molecule has 1 aromatic rings. The molecule has 7 nitrogen and oxygen atoms in total. The van der Waals surface area contributed by atoms with E-state index in [1.165, 1.54) is 7.11 Å². The fourth-order valence-electron chi connectivity index (χ4n) is 1.94. The van der Waals surface area contributed by atoms with Crippen LogP contribution in [0.25, 0.3) is 0 Å². The number of nitrogens with one attached hydrogen (secondary N) is 2. The number of likely N-dealkylation sites (N-methyl/N-ethyl adjacent to an activating group) is 1. The predicted octanol–water partition coefficient (Wildman–Crippen LogP) is 2.27. The van der Waals surface area contributed by atoms with Gasteiger partial charge in [0.2, 0.25) is 5.91 Å². The van der Waals surface area contributed by atoms with Gasteiger partial charge in [-0.1, -0.05) is 27.7 Å². The third kappa shape index (κ3) is 5.05. The second kappa shape index (κ2) is 9.81. The summed E-state index contributed by atoms with van der Waals surface area (Å²) in [6, 6.07) is -0.734. The Bertz CT molecular complexity index is 471. The van der Waals surface area contributed by atoms with Crippen molar-refractivity contribution >= 4 is 12.0 Å². The number of hydrogen-bond acceptors (Lipinski definition) is 4. The van der Waals surface area contributed by atoms with Crippen molar-refractivity contribution in [2.45, 2.75) is 46.7 Å². The van der Waals surface area contributed by atoms with Gasteiger partial charge in [0.15, 0.2) is 0 Å². The molecular weight excluding hydrogens is 284 g/mol. The van der Waals surface area contributed by atoms with Crippen molar-refractivity contribution in [1.29, 1.82) is 0 Å². The van der Waals surface area contributed by atoms with Crippen molar-refractivity contribution in [3.8, 4) is 0 Å². The Morgan fingerprint density at radius 1 is 1.27 bits per heavy atom. The first kappa shape index (κ1) is 19.9. The molecule has 1 aromatic heterocycles. The van der Waals surface area contributed by atoms with Crippen LogP contribution in [-0.2, 0) is 9.53 Å². The molecular formula is C15H28N4O3. The smallest absolute Gasteiger partial charge is 0.407 e. The molecule has 0 bridgehead atoms. The van der Waals surface area contributed by atoms with Gasteiger partial charge in [-0.2, -0.15) is 0 Å². The SMILES string of the molecule is CC.CNC(=O)C(C)n1ccnc1C(NC(=O)OC)C(C)C. The first-order valence-electron chi connectivity index (χ1n) is 7.51.